The van der Waals surface area contributed by atoms with Gasteiger partial charge in [0.15, 0.2) is 5.78 Å². The fourth-order valence-electron chi connectivity index (χ4n) is 13.6. The Labute approximate surface area is 811 Å². The van der Waals surface area contributed by atoms with Gasteiger partial charge >= 0.3 is 0 Å². The molecule has 0 amide bonds. The van der Waals surface area contributed by atoms with Crippen LogP contribution in [-0.4, -0.2) is 45.8 Å². The van der Waals surface area contributed by atoms with Gasteiger partial charge in [0.25, 0.3) is 0 Å². The number of nitrogens with zero attached hydrogens (tertiary/aromatic N) is 7. The average molecular weight is 2380 g/mol. The summed E-state index contributed by atoms with van der Waals surface area (Å²) in [5, 5.41) is 9.63. The van der Waals surface area contributed by atoms with Crippen molar-refractivity contribution in [1.82, 2.24) is 34.9 Å². The molecular weight excluding hydrogens is 2280 g/mol. The van der Waals surface area contributed by atoms with E-state index in [2.05, 4.69) is 256 Å². The second-order valence-electron chi connectivity index (χ2n) is 30.1. The molecule has 0 unspecified atom stereocenters. The fourth-order valence-corrected chi connectivity index (χ4v) is 13.6. The molecule has 4 radical (unpaired) electrons. The molecule has 0 bridgehead atoms. The van der Waals surface area contributed by atoms with Crippen molar-refractivity contribution in [3.05, 3.63) is 476 Å². The van der Waals surface area contributed by atoms with Gasteiger partial charge in [0.05, 0.1) is 11.3 Å². The quantitative estimate of drug-likeness (QED) is 0.0682. The number of fused-ring (bicyclic) bond motifs is 1. The minimum absolute atomic E-state index is 0. The number of aliphatic hydroxyl groups is 1. The van der Waals surface area contributed by atoms with Crippen LogP contribution in [0.3, 0.4) is 0 Å². The number of hydrogen-bond donors (Lipinski definition) is 1. The molecule has 650 valence electrons. The molecular formula is C115H100Ir4N7O2-7. The first-order valence-corrected chi connectivity index (χ1v) is 41.3. The molecule has 0 atom stereocenters. The topological polar surface area (TPSA) is 128 Å². The Morgan fingerprint density at radius 2 is 0.703 bits per heavy atom. The molecule has 0 aliphatic carbocycles. The number of pyridine rings is 7. The summed E-state index contributed by atoms with van der Waals surface area (Å²) in [6.07, 6.45) is 13.3. The number of carbonyl (C=O) groups excluding carboxylic acids is 1. The van der Waals surface area contributed by atoms with E-state index in [-0.39, 0.29) is 92.0 Å². The minimum atomic E-state index is -0.125. The average Bonchev–Trinajstić information content (AvgIpc) is 0.799. The summed E-state index contributed by atoms with van der Waals surface area (Å²) < 4.78 is 0. The van der Waals surface area contributed by atoms with E-state index in [1.54, 1.807) is 18.6 Å². The van der Waals surface area contributed by atoms with Gasteiger partial charge in [-0.2, -0.15) is 0 Å². The summed E-state index contributed by atoms with van der Waals surface area (Å²) in [6, 6.07) is 136. The van der Waals surface area contributed by atoms with Crippen molar-refractivity contribution in [1.29, 1.82) is 0 Å². The Balaban J connectivity index is 0.000000203. The number of aryl methyl sites for hydroxylation is 7. The summed E-state index contributed by atoms with van der Waals surface area (Å²) in [6.45, 7) is 22.2. The van der Waals surface area contributed by atoms with E-state index in [1.165, 1.54) is 97.6 Å². The van der Waals surface area contributed by atoms with Crippen molar-refractivity contribution < 1.29 is 90.3 Å². The standard InChI is InChI=1S/C21H22N.2C19H16N.C18H14N.3C11H8N.C5H8O2.4Ir/c1-14(2)10-17-6-5-7-21-19(17)8-9-20(22-21)18-12-15(3)11-16(4)13-18;2*1-14-10-15(2)12-18(11-14)17-8-9-20-19(13-17)16-6-4-3-5-7-16;1-14-12-18(16-10-6-3-7-11-16)19-13-17(14)15-8-4-2-5-9-15;3*1-2-6-10(7-3-1)11-8-4-5-9-12-11;1-4(6)3-5(2)7;;;;/h5-9,11-12,14H,10H2,1-4H3;2*3-6,8-13H,1-2H3;2-10,12-13H,1H3;3*1-6,8-9H;3,6H,1-2H3;;;;/q7*-1;;;;;. The Morgan fingerprint density at radius 3 is 1.05 bits per heavy atom. The Bertz CT molecular complexity index is 5860. The SMILES string of the molecule is CC(=O)C=C(C)O.Cc1[c-]c(-c2ccc3c(CC(C)C)cccc3n2)cc(C)c1.Cc1cc(-c2[c-]cccc2)ncc1-c1ccccc1.Cc1cc(C)cc(-c2ccnc(-c3[c-]cccc3)c2)c1.Cc1cc(C)cc(-c2ccnc(-c3[c-]cccc3)c2)c1.[Ir].[Ir].[Ir].[Ir].[c-]1ccccc1-c1ccccn1.[c-]1ccccc1-c1ccccn1.[c-]1ccccc1-c1ccccn1. The van der Waals surface area contributed by atoms with Crippen LogP contribution in [0.25, 0.3) is 123 Å². The van der Waals surface area contributed by atoms with Crippen molar-refractivity contribution in [3.8, 4) is 112 Å². The van der Waals surface area contributed by atoms with Gasteiger partial charge in [0, 0.05) is 135 Å². The monoisotopic (exact) mass is 2380 g/mol. The van der Waals surface area contributed by atoms with Gasteiger partial charge in [-0.1, -0.05) is 196 Å². The third-order valence-corrected chi connectivity index (χ3v) is 19.0. The van der Waals surface area contributed by atoms with Crippen LogP contribution in [0.15, 0.2) is 389 Å². The number of hydrogen-bond acceptors (Lipinski definition) is 9. The Hall–Kier alpha value is -12.5. The predicted molar refractivity (Wildman–Crippen MR) is 512 cm³/mol. The van der Waals surface area contributed by atoms with Crippen LogP contribution in [0.2, 0.25) is 0 Å². The van der Waals surface area contributed by atoms with Crippen molar-refractivity contribution in [2.45, 2.75) is 82.6 Å². The molecule has 0 aliphatic heterocycles. The number of aliphatic hydroxyl groups excluding tert-OH is 1. The summed E-state index contributed by atoms with van der Waals surface area (Å²) in [5.74, 6) is 0.588. The molecule has 0 aliphatic rings. The molecule has 0 saturated heterocycles. The third-order valence-electron chi connectivity index (χ3n) is 19.0. The number of benzene rings is 11. The first kappa shape index (κ1) is 103. The van der Waals surface area contributed by atoms with E-state index in [0.29, 0.717) is 5.92 Å². The van der Waals surface area contributed by atoms with Gasteiger partial charge < -0.3 is 35.0 Å². The van der Waals surface area contributed by atoms with E-state index in [9.17, 15) is 4.79 Å². The molecule has 11 aromatic carbocycles. The normalized spacial score (nSPS) is 10.1. The Kier molecular flexibility index (Phi) is 43.7. The van der Waals surface area contributed by atoms with Crippen LogP contribution < -0.4 is 0 Å². The van der Waals surface area contributed by atoms with Gasteiger partial charge in [0.1, 0.15) is 0 Å². The van der Waals surface area contributed by atoms with Crippen LogP contribution in [-0.2, 0) is 91.6 Å². The molecule has 0 saturated carbocycles. The van der Waals surface area contributed by atoms with Gasteiger partial charge in [-0.25, -0.2) is 0 Å². The van der Waals surface area contributed by atoms with Crippen LogP contribution in [0.4, 0.5) is 0 Å². The third kappa shape index (κ3) is 33.4. The molecule has 9 nitrogen and oxygen atoms in total. The maximum Gasteiger partial charge on any atom is 0.155 e. The van der Waals surface area contributed by atoms with Crippen LogP contribution in [0.5, 0.6) is 0 Å². The van der Waals surface area contributed by atoms with Gasteiger partial charge in [-0.05, 0) is 176 Å². The zero-order valence-electron chi connectivity index (χ0n) is 73.5. The smallest absolute Gasteiger partial charge is 0.155 e. The summed E-state index contributed by atoms with van der Waals surface area (Å²) in [4.78, 5) is 41.0. The number of aromatic nitrogens is 7. The van der Waals surface area contributed by atoms with Gasteiger partial charge in [0.2, 0.25) is 0 Å². The van der Waals surface area contributed by atoms with Crippen molar-refractivity contribution in [2.24, 2.45) is 5.92 Å². The molecule has 128 heavy (non-hydrogen) atoms. The predicted octanol–water partition coefficient (Wildman–Crippen LogP) is 28.4. The maximum atomic E-state index is 10.0. The maximum absolute atomic E-state index is 10.0. The van der Waals surface area contributed by atoms with Crippen LogP contribution in [0.1, 0.15) is 72.2 Å². The number of carbonyl (C=O) groups is 1. The van der Waals surface area contributed by atoms with Crippen LogP contribution in [0, 0.1) is 96.8 Å². The molecule has 18 aromatic rings. The molecule has 1 N–H and O–H groups in total. The van der Waals surface area contributed by atoms with E-state index < -0.39 is 0 Å². The fraction of sp³-hybridized carbons (Fsp3) is 0.113. The Morgan fingerprint density at radius 1 is 0.328 bits per heavy atom. The number of ketones is 1. The van der Waals surface area contributed by atoms with Gasteiger partial charge in [-0.3, -0.25) is 9.78 Å². The van der Waals surface area contributed by atoms with Crippen LogP contribution >= 0.6 is 0 Å². The van der Waals surface area contributed by atoms with Gasteiger partial charge in [-0.15, -0.1) is 250 Å². The largest absolute Gasteiger partial charge is 0.512 e. The molecule has 0 spiro atoms. The molecule has 0 fully saturated rings. The second-order valence-corrected chi connectivity index (χ2v) is 30.1. The number of allylic oxidation sites excluding steroid dienone is 2. The molecule has 13 heteroatoms. The molecule has 7 heterocycles. The van der Waals surface area contributed by atoms with E-state index in [4.69, 9.17) is 10.1 Å². The zero-order chi connectivity index (χ0) is 87.2. The van der Waals surface area contributed by atoms with Crippen molar-refractivity contribution in [2.75, 3.05) is 0 Å². The second kappa shape index (κ2) is 54.5. The van der Waals surface area contributed by atoms with E-state index in [0.717, 1.165) is 96.3 Å². The summed E-state index contributed by atoms with van der Waals surface area (Å²) in [5.41, 5.74) is 32.6. The van der Waals surface area contributed by atoms with Crippen molar-refractivity contribution in [3.63, 3.8) is 0 Å². The first-order chi connectivity index (χ1) is 60.3. The first-order valence-electron chi connectivity index (χ1n) is 41.3. The minimum Gasteiger partial charge on any atom is -0.512 e. The summed E-state index contributed by atoms with van der Waals surface area (Å²) in [7, 11) is 0. The van der Waals surface area contributed by atoms with Crippen molar-refractivity contribution >= 4 is 16.7 Å². The summed E-state index contributed by atoms with van der Waals surface area (Å²) >= 11 is 0. The zero-order valence-corrected chi connectivity index (χ0v) is 83.1. The molecule has 18 rings (SSSR count). The van der Waals surface area contributed by atoms with E-state index >= 15 is 0 Å². The molecule has 7 aromatic heterocycles. The number of rotatable bonds is 13. The van der Waals surface area contributed by atoms with E-state index in [1.807, 2.05) is 237 Å².